The maximum absolute atomic E-state index is 9.33. The topological polar surface area (TPSA) is 18.5 Å². The summed E-state index contributed by atoms with van der Waals surface area (Å²) in [7, 11) is -1.35. The largest absolute Gasteiger partial charge is 0.494 e. The van der Waals surface area contributed by atoms with Gasteiger partial charge in [-0.25, -0.2) is 0 Å². The van der Waals surface area contributed by atoms with Crippen LogP contribution < -0.4 is 5.46 Å². The summed E-state index contributed by atoms with van der Waals surface area (Å²) < 4.78 is 162. The third-order valence-corrected chi connectivity index (χ3v) is 7.98. The lowest BCUT2D eigenvalue weighted by Crippen LogP contribution is -2.41. The van der Waals surface area contributed by atoms with Crippen molar-refractivity contribution in [2.24, 2.45) is 0 Å². The number of hydrogen-bond donors (Lipinski definition) is 0. The lowest BCUT2D eigenvalue weighted by molar-refractivity contribution is 0.00578. The van der Waals surface area contributed by atoms with E-state index in [1.807, 2.05) is 0 Å². The van der Waals surface area contributed by atoms with Gasteiger partial charge in [0.05, 0.1) is 34.5 Å². The van der Waals surface area contributed by atoms with Crippen LogP contribution in [0, 0.1) is 0 Å². The van der Waals surface area contributed by atoms with E-state index in [0.29, 0.717) is 0 Å². The van der Waals surface area contributed by atoms with Crippen LogP contribution >= 0.6 is 11.3 Å². The molecule has 5 aromatic carbocycles. The van der Waals surface area contributed by atoms with Gasteiger partial charge in [0.1, 0.15) is 0 Å². The summed E-state index contributed by atoms with van der Waals surface area (Å²) in [5, 5.41) is -1.22. The van der Waals surface area contributed by atoms with E-state index < -0.39 is 149 Å². The monoisotopic (exact) mass is 529 g/mol. The molecule has 1 aromatic heterocycles. The molecule has 6 aromatic rings. The van der Waals surface area contributed by atoms with Gasteiger partial charge in [-0.3, -0.25) is 0 Å². The van der Waals surface area contributed by atoms with E-state index in [2.05, 4.69) is 0 Å². The quantitative estimate of drug-likeness (QED) is 0.213. The van der Waals surface area contributed by atoms with Crippen molar-refractivity contribution in [3.8, 4) is 22.3 Å². The van der Waals surface area contributed by atoms with Gasteiger partial charge in [0, 0.05) is 20.2 Å². The molecule has 1 saturated heterocycles. The highest BCUT2D eigenvalue weighted by molar-refractivity contribution is 7.25. The van der Waals surface area contributed by atoms with Crippen LogP contribution in [0.4, 0.5) is 0 Å². The summed E-state index contributed by atoms with van der Waals surface area (Å²) in [5.74, 6) is 0. The maximum atomic E-state index is 9.33. The van der Waals surface area contributed by atoms with Gasteiger partial charge in [0.2, 0.25) is 0 Å². The first kappa shape index (κ1) is 11.8. The fourth-order valence-corrected chi connectivity index (χ4v) is 5.20. The molecule has 0 spiro atoms. The Morgan fingerprint density at radius 1 is 0.632 bits per heavy atom. The van der Waals surface area contributed by atoms with Crippen LogP contribution in [0.15, 0.2) is 103 Å². The van der Waals surface area contributed by atoms with Gasteiger partial charge in [-0.15, -0.1) is 11.3 Å². The number of thiophene rings is 1. The van der Waals surface area contributed by atoms with E-state index >= 15 is 0 Å². The molecule has 0 N–H and O–H groups in total. The third-order valence-electron chi connectivity index (χ3n) is 6.96. The Balaban J connectivity index is 1.59. The molecule has 186 valence electrons. The van der Waals surface area contributed by atoms with Crippen molar-refractivity contribution in [2.45, 2.75) is 38.9 Å². The first-order chi connectivity index (χ1) is 25.4. The van der Waals surface area contributed by atoms with Gasteiger partial charge in [-0.05, 0) is 90.4 Å². The minimum Gasteiger partial charge on any atom is -0.399 e. The summed E-state index contributed by atoms with van der Waals surface area (Å²) in [5.41, 5.74) is -3.98. The molecule has 0 saturated carbocycles. The van der Waals surface area contributed by atoms with Crippen molar-refractivity contribution >= 4 is 54.9 Å². The van der Waals surface area contributed by atoms with Crippen molar-refractivity contribution in [1.82, 2.24) is 0 Å². The summed E-state index contributed by atoms with van der Waals surface area (Å²) >= 11 is 0.775. The smallest absolute Gasteiger partial charge is 0.399 e. The average molecular weight is 530 g/mol. The zero-order valence-corrected chi connectivity index (χ0v) is 21.6. The summed E-state index contributed by atoms with van der Waals surface area (Å²) in [6.07, 6.45) is 0. The molecule has 0 atom stereocenters. The van der Waals surface area contributed by atoms with Crippen LogP contribution in [-0.4, -0.2) is 18.3 Å². The van der Waals surface area contributed by atoms with Crippen LogP contribution in [-0.2, 0) is 9.31 Å². The van der Waals surface area contributed by atoms with Crippen LogP contribution in [0.1, 0.15) is 51.0 Å². The maximum Gasteiger partial charge on any atom is 0.494 e. The molecule has 7 rings (SSSR count). The van der Waals surface area contributed by atoms with Crippen LogP contribution in [0.25, 0.3) is 53.2 Å². The Labute approximate surface area is 251 Å². The third kappa shape index (κ3) is 3.79. The SMILES string of the molecule is [2H]c1c([2H])c(B2OC(C)(C)C(C)(C)O2)c([2H])c(-c2c([2H])c([2H])c3c([2H])c(-c4c([2H])c([2H])c([2H])c5sc6c([2H])c([2H])c([2H])c([2H])c6c45)c([2H])c([2H])c3c2[2H])c1[2H]. The van der Waals surface area contributed by atoms with Gasteiger partial charge in [-0.1, -0.05) is 78.6 Å². The molecule has 2 nitrogen and oxygen atoms in total. The Kier molecular flexibility index (Phi) is 2.64. The molecule has 1 aliphatic rings. The average Bonchev–Trinajstić information content (AvgIpc) is 3.61. The predicted octanol–water partition coefficient (Wildman–Crippen LogP) is 8.84. The van der Waals surface area contributed by atoms with E-state index in [-0.39, 0.29) is 31.2 Å². The zero-order valence-electron chi connectivity index (χ0n) is 37.8. The second kappa shape index (κ2) is 8.54. The molecule has 1 fully saturated rings. The van der Waals surface area contributed by atoms with Crippen molar-refractivity contribution in [2.75, 3.05) is 0 Å². The van der Waals surface area contributed by atoms with Gasteiger partial charge >= 0.3 is 7.12 Å². The molecule has 0 aliphatic carbocycles. The second-order valence-electron chi connectivity index (χ2n) is 9.89. The molecular formula is C34H29BO2S. The first-order valence-corrected chi connectivity index (χ1v) is 12.6. The molecule has 0 radical (unpaired) electrons. The van der Waals surface area contributed by atoms with Gasteiger partial charge in [-0.2, -0.15) is 0 Å². The van der Waals surface area contributed by atoms with E-state index in [1.54, 1.807) is 27.7 Å². The number of fused-ring (bicyclic) bond motifs is 4. The predicted molar refractivity (Wildman–Crippen MR) is 163 cm³/mol. The molecule has 1 aliphatic heterocycles. The van der Waals surface area contributed by atoms with Crippen LogP contribution in [0.5, 0.6) is 0 Å². The Morgan fingerprint density at radius 2 is 1.26 bits per heavy atom. The van der Waals surface area contributed by atoms with Gasteiger partial charge < -0.3 is 9.31 Å². The van der Waals surface area contributed by atoms with Crippen LogP contribution in [0.3, 0.4) is 0 Å². The lowest BCUT2D eigenvalue weighted by Gasteiger charge is -2.32. The zero-order chi connectivity index (χ0) is 40.9. The van der Waals surface area contributed by atoms with Crippen molar-refractivity contribution < 1.29 is 32.6 Å². The number of rotatable bonds is 3. The Hall–Kier alpha value is -3.44. The van der Waals surface area contributed by atoms with E-state index in [1.165, 1.54) is 0 Å². The van der Waals surface area contributed by atoms with Crippen molar-refractivity contribution in [1.29, 1.82) is 0 Å². The highest BCUT2D eigenvalue weighted by atomic mass is 32.1. The number of hydrogen-bond acceptors (Lipinski definition) is 3. The van der Waals surface area contributed by atoms with Crippen LogP contribution in [0.2, 0.25) is 0 Å². The normalized spacial score (nSPS) is 22.8. The highest BCUT2D eigenvalue weighted by Gasteiger charge is 2.51. The van der Waals surface area contributed by atoms with Gasteiger partial charge in [0.15, 0.2) is 0 Å². The fourth-order valence-electron chi connectivity index (χ4n) is 4.23. The second-order valence-corrected chi connectivity index (χ2v) is 10.9. The van der Waals surface area contributed by atoms with Gasteiger partial charge in [0.25, 0.3) is 0 Å². The standard InChI is InChI=1S/C34H29BO2S/c1-33(2)34(3,4)37-35(36-33)27-10-7-9-22(21-27)23-15-16-25-20-26(18-17-24(25)19-23)28-12-8-14-31-32(28)29-11-5-6-13-30(29)38-31/h5-21H,1-4H3/i5D,6D,7D,8D,9D,10D,11D,12D,13D,14D,15D,16D,17D,18D,19D,20D,21D. The van der Waals surface area contributed by atoms with E-state index in [0.717, 1.165) is 11.3 Å². The van der Waals surface area contributed by atoms with E-state index in [9.17, 15) is 2.74 Å². The molecule has 0 unspecified atom stereocenters. The number of benzene rings is 5. The minimum absolute atomic E-state index is 0.00293. The summed E-state index contributed by atoms with van der Waals surface area (Å²) in [4.78, 5) is 0. The molecular weight excluding hydrogens is 483 g/mol. The van der Waals surface area contributed by atoms with Crippen molar-refractivity contribution in [3.05, 3.63) is 103 Å². The molecule has 0 bridgehead atoms. The van der Waals surface area contributed by atoms with E-state index in [4.69, 9.17) is 29.9 Å². The molecule has 4 heteroatoms. The molecule has 38 heavy (non-hydrogen) atoms. The molecule has 0 amide bonds. The lowest BCUT2D eigenvalue weighted by atomic mass is 9.78. The molecule has 2 heterocycles. The highest BCUT2D eigenvalue weighted by Crippen LogP contribution is 2.41. The minimum atomic E-state index is -1.35. The Bertz CT molecular complexity index is 2750. The summed E-state index contributed by atoms with van der Waals surface area (Å²) in [6, 6.07) is -11.0. The summed E-state index contributed by atoms with van der Waals surface area (Å²) in [6.45, 7) is 6.95. The first-order valence-electron chi connectivity index (χ1n) is 20.3. The fraction of sp³-hybridized carbons (Fsp3) is 0.176. The Morgan fingerprint density at radius 3 is 2.05 bits per heavy atom. The van der Waals surface area contributed by atoms with Crippen molar-refractivity contribution in [3.63, 3.8) is 0 Å².